The first-order valence-electron chi connectivity index (χ1n) is 14.8. The summed E-state index contributed by atoms with van der Waals surface area (Å²) in [5.74, 6) is 0. The molecular formula is C42H29N. The highest BCUT2D eigenvalue weighted by molar-refractivity contribution is 6.08. The Hall–Kier alpha value is -5.66. The average molecular weight is 548 g/mol. The van der Waals surface area contributed by atoms with Gasteiger partial charge < -0.3 is 4.90 Å². The van der Waals surface area contributed by atoms with Crippen LogP contribution in [0.4, 0.5) is 17.1 Å². The topological polar surface area (TPSA) is 3.24 Å². The third-order valence-electron chi connectivity index (χ3n) is 8.42. The Morgan fingerprint density at radius 1 is 0.302 bits per heavy atom. The van der Waals surface area contributed by atoms with Crippen LogP contribution in [-0.4, -0.2) is 0 Å². The molecule has 202 valence electrons. The molecule has 1 heteroatoms. The normalized spacial score (nSPS) is 11.3. The van der Waals surface area contributed by atoms with Crippen molar-refractivity contribution in [3.63, 3.8) is 0 Å². The molecule has 0 aliphatic carbocycles. The molecule has 0 heterocycles. The van der Waals surface area contributed by atoms with E-state index < -0.39 is 0 Å². The second-order valence-corrected chi connectivity index (χ2v) is 11.0. The second kappa shape index (κ2) is 10.6. The number of nitrogens with zero attached hydrogens (tertiary/aromatic N) is 1. The first kappa shape index (κ1) is 25.1. The van der Waals surface area contributed by atoms with Gasteiger partial charge in [0.05, 0.1) is 5.69 Å². The van der Waals surface area contributed by atoms with Crippen LogP contribution in [0.3, 0.4) is 0 Å². The molecule has 0 bridgehead atoms. The molecule has 0 amide bonds. The van der Waals surface area contributed by atoms with E-state index in [-0.39, 0.29) is 0 Å². The summed E-state index contributed by atoms with van der Waals surface area (Å²) in [5, 5.41) is 7.57. The fourth-order valence-electron chi connectivity index (χ4n) is 6.39. The van der Waals surface area contributed by atoms with Crippen molar-refractivity contribution < 1.29 is 0 Å². The van der Waals surface area contributed by atoms with Gasteiger partial charge in [0.25, 0.3) is 0 Å². The fraction of sp³-hybridized carbons (Fsp3) is 0. The maximum atomic E-state index is 2.38. The Balaban J connectivity index is 1.30. The van der Waals surface area contributed by atoms with Crippen LogP contribution in [-0.2, 0) is 0 Å². The van der Waals surface area contributed by atoms with Gasteiger partial charge in [-0.15, -0.1) is 0 Å². The largest absolute Gasteiger partial charge is 0.310 e. The zero-order valence-electron chi connectivity index (χ0n) is 23.7. The van der Waals surface area contributed by atoms with Crippen molar-refractivity contribution in [3.8, 4) is 22.3 Å². The molecule has 0 spiro atoms. The van der Waals surface area contributed by atoms with E-state index in [9.17, 15) is 0 Å². The number of hydrogen-bond donors (Lipinski definition) is 0. The maximum absolute atomic E-state index is 2.38. The van der Waals surface area contributed by atoms with Gasteiger partial charge in [-0.1, -0.05) is 140 Å². The Kier molecular flexibility index (Phi) is 6.20. The smallest absolute Gasteiger partial charge is 0.0540 e. The van der Waals surface area contributed by atoms with Crippen LogP contribution in [0.15, 0.2) is 176 Å². The molecule has 8 aromatic carbocycles. The van der Waals surface area contributed by atoms with Gasteiger partial charge in [-0.2, -0.15) is 0 Å². The zero-order valence-corrected chi connectivity index (χ0v) is 23.7. The van der Waals surface area contributed by atoms with Gasteiger partial charge in [0.15, 0.2) is 0 Å². The van der Waals surface area contributed by atoms with E-state index in [1.807, 2.05) is 0 Å². The summed E-state index contributed by atoms with van der Waals surface area (Å²) >= 11 is 0. The first-order chi connectivity index (χ1) is 21.3. The van der Waals surface area contributed by atoms with Crippen molar-refractivity contribution in [2.45, 2.75) is 0 Å². The van der Waals surface area contributed by atoms with Crippen molar-refractivity contribution in [2.75, 3.05) is 4.90 Å². The highest BCUT2D eigenvalue weighted by Crippen LogP contribution is 2.43. The van der Waals surface area contributed by atoms with E-state index >= 15 is 0 Å². The number of para-hydroxylation sites is 2. The molecule has 0 saturated heterocycles. The Morgan fingerprint density at radius 2 is 0.884 bits per heavy atom. The molecule has 0 radical (unpaired) electrons. The lowest BCUT2D eigenvalue weighted by atomic mass is 9.94. The molecular weight excluding hydrogens is 518 g/mol. The summed E-state index contributed by atoms with van der Waals surface area (Å²) in [7, 11) is 0. The molecule has 8 aromatic rings. The third kappa shape index (κ3) is 4.52. The van der Waals surface area contributed by atoms with Crippen LogP contribution in [0, 0.1) is 0 Å². The lowest BCUT2D eigenvalue weighted by Gasteiger charge is -2.28. The molecule has 0 aliphatic rings. The standard InChI is InChI=1S/C42H29N/c1-2-17-35(18-3-1)43(36-26-27-40-34(29-36)25-24-31-13-5-7-20-38(31)40)42-23-9-8-21-41(42)33-16-10-15-32(28-33)39-22-11-14-30-12-4-6-19-37(30)39/h1-29H. The van der Waals surface area contributed by atoms with Gasteiger partial charge in [0, 0.05) is 16.9 Å². The summed E-state index contributed by atoms with van der Waals surface area (Å²) in [6.07, 6.45) is 0. The molecule has 1 nitrogen and oxygen atoms in total. The van der Waals surface area contributed by atoms with Crippen molar-refractivity contribution in [1.82, 2.24) is 0 Å². The van der Waals surface area contributed by atoms with Gasteiger partial charge in [-0.3, -0.25) is 0 Å². The molecule has 0 aromatic heterocycles. The fourth-order valence-corrected chi connectivity index (χ4v) is 6.39. The minimum Gasteiger partial charge on any atom is -0.310 e. The van der Waals surface area contributed by atoms with E-state index in [1.165, 1.54) is 54.6 Å². The van der Waals surface area contributed by atoms with Crippen molar-refractivity contribution in [2.24, 2.45) is 0 Å². The Labute approximate surface area is 251 Å². The highest BCUT2D eigenvalue weighted by atomic mass is 15.1. The minimum absolute atomic E-state index is 1.13. The number of anilines is 3. The molecule has 0 fully saturated rings. The lowest BCUT2D eigenvalue weighted by molar-refractivity contribution is 1.29. The molecule has 0 atom stereocenters. The monoisotopic (exact) mass is 547 g/mol. The second-order valence-electron chi connectivity index (χ2n) is 11.0. The van der Waals surface area contributed by atoms with Crippen LogP contribution >= 0.6 is 0 Å². The van der Waals surface area contributed by atoms with Crippen LogP contribution in [0.5, 0.6) is 0 Å². The summed E-state index contributed by atoms with van der Waals surface area (Å²) in [6, 6.07) is 63.5. The zero-order chi connectivity index (χ0) is 28.6. The lowest BCUT2D eigenvalue weighted by Crippen LogP contribution is -2.11. The highest BCUT2D eigenvalue weighted by Gasteiger charge is 2.18. The number of rotatable bonds is 5. The summed E-state index contributed by atoms with van der Waals surface area (Å²) in [6.45, 7) is 0. The number of benzene rings is 8. The third-order valence-corrected chi connectivity index (χ3v) is 8.42. The van der Waals surface area contributed by atoms with Gasteiger partial charge >= 0.3 is 0 Å². The molecule has 0 aliphatic heterocycles. The summed E-state index contributed by atoms with van der Waals surface area (Å²) in [4.78, 5) is 2.38. The van der Waals surface area contributed by atoms with Crippen LogP contribution in [0.25, 0.3) is 54.6 Å². The van der Waals surface area contributed by atoms with E-state index in [2.05, 4.69) is 181 Å². The van der Waals surface area contributed by atoms with E-state index in [4.69, 9.17) is 0 Å². The predicted octanol–water partition coefficient (Wildman–Crippen LogP) is 11.9. The van der Waals surface area contributed by atoms with Crippen molar-refractivity contribution in [1.29, 1.82) is 0 Å². The Bertz CT molecular complexity index is 2240. The van der Waals surface area contributed by atoms with Crippen molar-refractivity contribution in [3.05, 3.63) is 176 Å². The van der Waals surface area contributed by atoms with Gasteiger partial charge in [0.2, 0.25) is 0 Å². The van der Waals surface area contributed by atoms with E-state index in [0.29, 0.717) is 0 Å². The molecule has 8 rings (SSSR count). The van der Waals surface area contributed by atoms with E-state index in [0.717, 1.165) is 17.1 Å². The summed E-state index contributed by atoms with van der Waals surface area (Å²) < 4.78 is 0. The average Bonchev–Trinajstić information content (AvgIpc) is 3.09. The molecule has 0 saturated carbocycles. The maximum Gasteiger partial charge on any atom is 0.0540 e. The van der Waals surface area contributed by atoms with Crippen molar-refractivity contribution >= 4 is 49.4 Å². The first-order valence-corrected chi connectivity index (χ1v) is 14.8. The van der Waals surface area contributed by atoms with Gasteiger partial charge in [-0.25, -0.2) is 0 Å². The van der Waals surface area contributed by atoms with Crippen LogP contribution in [0.1, 0.15) is 0 Å². The molecule has 0 unspecified atom stereocenters. The summed E-state index contributed by atoms with van der Waals surface area (Å²) in [5.41, 5.74) is 8.24. The number of hydrogen-bond acceptors (Lipinski definition) is 1. The number of fused-ring (bicyclic) bond motifs is 4. The SMILES string of the molecule is c1ccc(N(c2ccc3c(ccc4ccccc43)c2)c2ccccc2-c2cccc(-c3cccc4ccccc34)c2)cc1. The minimum atomic E-state index is 1.13. The van der Waals surface area contributed by atoms with Crippen LogP contribution < -0.4 is 4.90 Å². The molecule has 0 N–H and O–H groups in total. The van der Waals surface area contributed by atoms with E-state index in [1.54, 1.807) is 0 Å². The van der Waals surface area contributed by atoms with Crippen LogP contribution in [0.2, 0.25) is 0 Å². The van der Waals surface area contributed by atoms with Gasteiger partial charge in [-0.05, 0) is 85.4 Å². The molecule has 43 heavy (non-hydrogen) atoms. The quantitative estimate of drug-likeness (QED) is 0.194. The van der Waals surface area contributed by atoms with Gasteiger partial charge in [0.1, 0.15) is 0 Å². The predicted molar refractivity (Wildman–Crippen MR) is 185 cm³/mol. The Morgan fingerprint density at radius 3 is 1.74 bits per heavy atom.